The summed E-state index contributed by atoms with van der Waals surface area (Å²) in [6.07, 6.45) is 4.18. The Bertz CT molecular complexity index is 967. The molecule has 3 unspecified atom stereocenters. The van der Waals surface area contributed by atoms with Gasteiger partial charge in [0.25, 0.3) is 7.37 Å². The highest BCUT2D eigenvalue weighted by atomic mass is 31.2. The van der Waals surface area contributed by atoms with Gasteiger partial charge in [0, 0.05) is 24.2 Å². The molecule has 0 aliphatic heterocycles. The number of rotatable bonds is 13. The van der Waals surface area contributed by atoms with E-state index in [0.717, 1.165) is 19.3 Å². The molecule has 0 amide bonds. The molecule has 9 heteroatoms. The van der Waals surface area contributed by atoms with Crippen LogP contribution in [0.3, 0.4) is 0 Å². The molecule has 0 aromatic heterocycles. The van der Waals surface area contributed by atoms with Crippen molar-refractivity contribution in [3.63, 3.8) is 0 Å². The molecule has 0 bridgehead atoms. The van der Waals surface area contributed by atoms with Crippen molar-refractivity contribution in [3.05, 3.63) is 54.1 Å². The average Bonchev–Trinajstić information content (AvgIpc) is 2.88. The monoisotopic (exact) mass is 507 g/mol. The van der Waals surface area contributed by atoms with Crippen molar-refractivity contribution in [2.24, 2.45) is 0 Å². The number of aliphatic hydroxyl groups excluding tert-OH is 2. The predicted octanol–water partition coefficient (Wildman–Crippen LogP) is 4.35. The fraction of sp³-hybridized carbons (Fsp3) is 0.538. The molecule has 3 atom stereocenters. The van der Waals surface area contributed by atoms with Crippen LogP contribution >= 0.6 is 7.37 Å². The number of aromatic hydroxyl groups is 1. The number of ether oxygens (including phenoxy) is 2. The van der Waals surface area contributed by atoms with E-state index in [1.54, 1.807) is 18.2 Å². The third kappa shape index (κ3) is 6.99. The van der Waals surface area contributed by atoms with Crippen molar-refractivity contribution >= 4 is 7.37 Å². The van der Waals surface area contributed by atoms with Gasteiger partial charge in [0.2, 0.25) is 5.47 Å². The molecule has 8 nitrogen and oxygen atoms in total. The molecule has 0 spiro atoms. The van der Waals surface area contributed by atoms with Crippen molar-refractivity contribution in [2.75, 3.05) is 13.2 Å². The van der Waals surface area contributed by atoms with Crippen molar-refractivity contribution < 1.29 is 34.3 Å². The second-order valence-electron chi connectivity index (χ2n) is 9.16. The van der Waals surface area contributed by atoms with Gasteiger partial charge in [-0.25, -0.2) is 0 Å². The van der Waals surface area contributed by atoms with Gasteiger partial charge in [-0.05, 0) is 43.2 Å². The normalized spacial score (nSPS) is 18.9. The van der Waals surface area contributed by atoms with Gasteiger partial charge >= 0.3 is 0 Å². The smallest absolute Gasteiger partial charge is 0.260 e. The molecule has 1 aliphatic rings. The van der Waals surface area contributed by atoms with E-state index in [-0.39, 0.29) is 31.2 Å². The highest BCUT2D eigenvalue weighted by Crippen LogP contribution is 2.62. The molecule has 35 heavy (non-hydrogen) atoms. The SMILES string of the molecule is CCCC(NCC(O)COc1ccc(O)c(CO)c1)(Oc1ccccc1)P(=O)(O)C1CCCCC1. The number of nitrogens with one attached hydrogen (secondary N) is 1. The highest BCUT2D eigenvalue weighted by Gasteiger charge is 2.53. The van der Waals surface area contributed by atoms with Gasteiger partial charge in [-0.2, -0.15) is 0 Å². The zero-order valence-electron chi connectivity index (χ0n) is 20.3. The van der Waals surface area contributed by atoms with Gasteiger partial charge in [0.15, 0.2) is 0 Å². The Morgan fingerprint density at radius 1 is 1.11 bits per heavy atom. The summed E-state index contributed by atoms with van der Waals surface area (Å²) >= 11 is 0. The molecule has 1 aliphatic carbocycles. The lowest BCUT2D eigenvalue weighted by Gasteiger charge is -2.43. The predicted molar refractivity (Wildman–Crippen MR) is 135 cm³/mol. The Hall–Kier alpha value is -2.09. The van der Waals surface area contributed by atoms with Crippen molar-refractivity contribution in [1.82, 2.24) is 5.32 Å². The molecule has 3 rings (SSSR count). The van der Waals surface area contributed by atoms with Crippen LogP contribution in [0.4, 0.5) is 0 Å². The maximum atomic E-state index is 14.1. The first kappa shape index (κ1) is 27.5. The lowest BCUT2D eigenvalue weighted by Crippen LogP contribution is -2.54. The summed E-state index contributed by atoms with van der Waals surface area (Å²) in [5, 5.41) is 32.8. The summed E-state index contributed by atoms with van der Waals surface area (Å²) < 4.78 is 26.0. The number of hydrogen-bond acceptors (Lipinski definition) is 7. The molecule has 2 aromatic carbocycles. The molecular formula is C26H38NO7P. The quantitative estimate of drug-likeness (QED) is 0.200. The molecule has 194 valence electrons. The van der Waals surface area contributed by atoms with Gasteiger partial charge in [0.1, 0.15) is 30.0 Å². The molecule has 1 fully saturated rings. The molecule has 1 saturated carbocycles. The number of aliphatic hydroxyl groups is 2. The van der Waals surface area contributed by atoms with Crippen LogP contribution in [0.25, 0.3) is 0 Å². The van der Waals surface area contributed by atoms with E-state index in [1.807, 2.05) is 25.1 Å². The number of phenols is 1. The van der Waals surface area contributed by atoms with E-state index >= 15 is 0 Å². The van der Waals surface area contributed by atoms with Crippen molar-refractivity contribution in [1.29, 1.82) is 0 Å². The minimum atomic E-state index is -3.88. The lowest BCUT2D eigenvalue weighted by atomic mass is 10.0. The fourth-order valence-corrected chi connectivity index (χ4v) is 7.32. The molecule has 5 N–H and O–H groups in total. The summed E-state index contributed by atoms with van der Waals surface area (Å²) in [5.74, 6) is 0.845. The largest absolute Gasteiger partial charge is 0.508 e. The second kappa shape index (κ2) is 12.7. The Labute approximate surface area is 207 Å². The van der Waals surface area contributed by atoms with Crippen LogP contribution < -0.4 is 14.8 Å². The van der Waals surface area contributed by atoms with Crippen molar-refractivity contribution in [3.8, 4) is 17.2 Å². The minimum Gasteiger partial charge on any atom is -0.508 e. The zero-order chi connectivity index (χ0) is 25.3. The van der Waals surface area contributed by atoms with Gasteiger partial charge in [-0.3, -0.25) is 9.88 Å². The topological polar surface area (TPSA) is 128 Å². The number of benzene rings is 2. The summed E-state index contributed by atoms with van der Waals surface area (Å²) in [5.41, 5.74) is -1.57. The van der Waals surface area contributed by atoms with Crippen LogP contribution in [-0.4, -0.2) is 50.6 Å². The number of hydrogen-bond donors (Lipinski definition) is 5. The first-order chi connectivity index (χ1) is 16.8. The van der Waals surface area contributed by atoms with Crippen LogP contribution in [-0.2, 0) is 11.2 Å². The van der Waals surface area contributed by atoms with Gasteiger partial charge in [-0.15, -0.1) is 0 Å². The Morgan fingerprint density at radius 2 is 1.83 bits per heavy atom. The first-order valence-electron chi connectivity index (χ1n) is 12.4. The maximum absolute atomic E-state index is 14.1. The van der Waals surface area contributed by atoms with E-state index in [1.165, 1.54) is 12.1 Å². The average molecular weight is 508 g/mol. The van der Waals surface area contributed by atoms with Crippen LogP contribution in [0.5, 0.6) is 17.2 Å². The Kier molecular flexibility index (Phi) is 10.0. The summed E-state index contributed by atoms with van der Waals surface area (Å²) in [4.78, 5) is 11.6. The lowest BCUT2D eigenvalue weighted by molar-refractivity contribution is 0.0513. The Balaban J connectivity index is 1.76. The standard InChI is InChI=1S/C26H38NO7P/c1-2-15-26(34-22-9-5-3-6-10-22,35(31,32)24-11-7-4-8-12-24)27-17-21(29)19-33-23-13-14-25(30)20(16-23)18-28/h3,5-6,9-10,13-14,16,21,24,27-30H,2,4,7-8,11-12,15,17-19H2,1H3,(H,31,32). The van der Waals surface area contributed by atoms with Gasteiger partial charge in [-0.1, -0.05) is 50.8 Å². The molecule has 0 heterocycles. The van der Waals surface area contributed by atoms with E-state index < -0.39 is 18.9 Å². The summed E-state index contributed by atoms with van der Waals surface area (Å²) in [6, 6.07) is 13.5. The zero-order valence-corrected chi connectivity index (χ0v) is 21.2. The van der Waals surface area contributed by atoms with E-state index in [2.05, 4.69) is 5.32 Å². The number of para-hydroxylation sites is 1. The van der Waals surface area contributed by atoms with E-state index in [4.69, 9.17) is 9.47 Å². The van der Waals surface area contributed by atoms with E-state index in [9.17, 15) is 24.8 Å². The highest BCUT2D eigenvalue weighted by molar-refractivity contribution is 7.60. The third-order valence-electron chi connectivity index (χ3n) is 6.48. The first-order valence-corrected chi connectivity index (χ1v) is 14.1. The molecule has 0 saturated heterocycles. The Morgan fingerprint density at radius 3 is 2.49 bits per heavy atom. The van der Waals surface area contributed by atoms with E-state index in [0.29, 0.717) is 42.7 Å². The van der Waals surface area contributed by atoms with Gasteiger partial charge in [0.05, 0.1) is 6.61 Å². The third-order valence-corrected chi connectivity index (χ3v) is 9.50. The van der Waals surface area contributed by atoms with Gasteiger partial charge < -0.3 is 29.7 Å². The molecule has 0 radical (unpaired) electrons. The molecular weight excluding hydrogens is 469 g/mol. The summed E-state index contributed by atoms with van der Waals surface area (Å²) in [7, 11) is -3.88. The fourth-order valence-electron chi connectivity index (χ4n) is 4.57. The van der Waals surface area contributed by atoms with Crippen LogP contribution in [0.15, 0.2) is 48.5 Å². The minimum absolute atomic E-state index is 0.0188. The molecule has 2 aromatic rings. The second-order valence-corrected chi connectivity index (χ2v) is 11.9. The van der Waals surface area contributed by atoms with Crippen LogP contribution in [0.1, 0.15) is 57.4 Å². The van der Waals surface area contributed by atoms with Crippen molar-refractivity contribution in [2.45, 2.75) is 75.7 Å². The summed E-state index contributed by atoms with van der Waals surface area (Å²) in [6.45, 7) is 1.50. The van der Waals surface area contributed by atoms with Crippen LogP contribution in [0, 0.1) is 0 Å². The maximum Gasteiger partial charge on any atom is 0.260 e. The van der Waals surface area contributed by atoms with Crippen LogP contribution in [0.2, 0.25) is 0 Å².